The molecule has 12 heteroatoms. The number of hydrogen-bond donors (Lipinski definition) is 1. The van der Waals surface area contributed by atoms with E-state index < -0.39 is 26.6 Å². The molecule has 0 fully saturated rings. The first-order valence-electron chi connectivity index (χ1n) is 10.4. The largest absolute Gasteiger partial charge is 0.436 e. The molecule has 4 aromatic rings. The maximum Gasteiger partial charge on any atom is 0.276 e. The minimum absolute atomic E-state index is 0.0263. The number of ether oxygens (including phenoxy) is 1. The zero-order chi connectivity index (χ0) is 26.3. The minimum atomic E-state index is -3.84. The number of pyridine rings is 1. The van der Waals surface area contributed by atoms with E-state index in [0.29, 0.717) is 15.8 Å². The van der Waals surface area contributed by atoms with Crippen molar-refractivity contribution in [3.63, 3.8) is 0 Å². The number of anilines is 1. The van der Waals surface area contributed by atoms with Crippen LogP contribution in [0.3, 0.4) is 0 Å². The Morgan fingerprint density at radius 2 is 1.83 bits per heavy atom. The lowest BCUT2D eigenvalue weighted by atomic mass is 10.0. The van der Waals surface area contributed by atoms with E-state index in [9.17, 15) is 17.6 Å². The molecule has 0 saturated heterocycles. The van der Waals surface area contributed by atoms with E-state index >= 15 is 0 Å². The van der Waals surface area contributed by atoms with E-state index in [0.717, 1.165) is 17.9 Å². The third-order valence-electron chi connectivity index (χ3n) is 5.42. The Hall–Kier alpha value is -2.76. The highest BCUT2D eigenvalue weighted by atomic mass is 35.5. The molecule has 0 bridgehead atoms. The third kappa shape index (κ3) is 5.33. The van der Waals surface area contributed by atoms with E-state index in [2.05, 4.69) is 10.3 Å². The predicted octanol–water partition coefficient (Wildman–Crippen LogP) is 7.00. The SMILES string of the molecule is COS(=O)(=O)C(C)(C)c1ccc2sc(C(=O)Nc3cc(Cl)nc(Oc4ccc(Cl)cc4F)c3)cc2c1. The molecule has 2 aromatic heterocycles. The summed E-state index contributed by atoms with van der Waals surface area (Å²) in [5.41, 5.74) is 0.814. The van der Waals surface area contributed by atoms with Crippen molar-refractivity contribution in [3.05, 3.63) is 81.0 Å². The van der Waals surface area contributed by atoms with Crippen LogP contribution in [0.25, 0.3) is 10.1 Å². The zero-order valence-corrected chi connectivity index (χ0v) is 22.3. The summed E-state index contributed by atoms with van der Waals surface area (Å²) >= 11 is 13.1. The van der Waals surface area contributed by atoms with Gasteiger partial charge in [0.1, 0.15) is 9.90 Å². The molecule has 0 spiro atoms. The maximum absolute atomic E-state index is 14.1. The summed E-state index contributed by atoms with van der Waals surface area (Å²) in [7, 11) is -2.72. The Morgan fingerprint density at radius 3 is 2.53 bits per heavy atom. The first-order valence-corrected chi connectivity index (χ1v) is 13.3. The van der Waals surface area contributed by atoms with Gasteiger partial charge < -0.3 is 10.1 Å². The molecule has 7 nitrogen and oxygen atoms in total. The summed E-state index contributed by atoms with van der Waals surface area (Å²) in [6, 6.07) is 13.6. The summed E-state index contributed by atoms with van der Waals surface area (Å²) in [5.74, 6) is -1.24. The van der Waals surface area contributed by atoms with Gasteiger partial charge in [-0.1, -0.05) is 29.3 Å². The van der Waals surface area contributed by atoms with Crippen LogP contribution in [0.15, 0.2) is 54.6 Å². The van der Waals surface area contributed by atoms with Crippen molar-refractivity contribution in [3.8, 4) is 11.6 Å². The van der Waals surface area contributed by atoms with Crippen LogP contribution in [0.5, 0.6) is 11.6 Å². The van der Waals surface area contributed by atoms with Crippen molar-refractivity contribution in [2.24, 2.45) is 0 Å². The lowest BCUT2D eigenvalue weighted by molar-refractivity contribution is 0.103. The van der Waals surface area contributed by atoms with E-state index in [1.807, 2.05) is 0 Å². The number of nitrogens with zero attached hydrogens (tertiary/aromatic N) is 1. The van der Waals surface area contributed by atoms with Crippen LogP contribution < -0.4 is 10.1 Å². The first-order chi connectivity index (χ1) is 16.9. The van der Waals surface area contributed by atoms with Gasteiger partial charge in [-0.2, -0.15) is 8.42 Å². The fraction of sp³-hybridized carbons (Fsp3) is 0.167. The van der Waals surface area contributed by atoms with Crippen molar-refractivity contribution in [2.75, 3.05) is 12.4 Å². The van der Waals surface area contributed by atoms with Gasteiger partial charge in [-0.05, 0) is 67.3 Å². The van der Waals surface area contributed by atoms with Crippen molar-refractivity contribution in [2.45, 2.75) is 18.6 Å². The van der Waals surface area contributed by atoms with E-state index in [-0.39, 0.29) is 27.5 Å². The molecule has 0 radical (unpaired) electrons. The van der Waals surface area contributed by atoms with Crippen LogP contribution in [-0.2, 0) is 19.0 Å². The predicted molar refractivity (Wildman–Crippen MR) is 139 cm³/mol. The highest BCUT2D eigenvalue weighted by molar-refractivity contribution is 7.87. The average molecular weight is 569 g/mol. The quantitative estimate of drug-likeness (QED) is 0.190. The molecule has 188 valence electrons. The van der Waals surface area contributed by atoms with Crippen LogP contribution in [0.2, 0.25) is 10.2 Å². The summed E-state index contributed by atoms with van der Waals surface area (Å²) in [6.07, 6.45) is 0. The third-order valence-corrected chi connectivity index (χ3v) is 8.88. The molecular weight excluding hydrogens is 550 g/mol. The number of aromatic nitrogens is 1. The van der Waals surface area contributed by atoms with Crippen molar-refractivity contribution < 1.29 is 26.5 Å². The monoisotopic (exact) mass is 568 g/mol. The number of halogens is 3. The molecule has 0 atom stereocenters. The average Bonchev–Trinajstić information content (AvgIpc) is 3.24. The lowest BCUT2D eigenvalue weighted by Gasteiger charge is -2.23. The molecule has 0 aliphatic carbocycles. The van der Waals surface area contributed by atoms with Gasteiger partial charge >= 0.3 is 0 Å². The highest BCUT2D eigenvalue weighted by Gasteiger charge is 2.36. The highest BCUT2D eigenvalue weighted by Crippen LogP contribution is 2.35. The summed E-state index contributed by atoms with van der Waals surface area (Å²) in [6.45, 7) is 3.10. The molecule has 2 aromatic carbocycles. The summed E-state index contributed by atoms with van der Waals surface area (Å²) in [4.78, 5) is 17.3. The van der Waals surface area contributed by atoms with Crippen LogP contribution in [0, 0.1) is 5.82 Å². The lowest BCUT2D eigenvalue weighted by Crippen LogP contribution is -2.30. The number of amides is 1. The van der Waals surface area contributed by atoms with Gasteiger partial charge in [0.15, 0.2) is 11.6 Å². The Morgan fingerprint density at radius 1 is 1.08 bits per heavy atom. The van der Waals surface area contributed by atoms with Crippen molar-refractivity contribution in [1.82, 2.24) is 4.98 Å². The van der Waals surface area contributed by atoms with Gasteiger partial charge in [-0.25, -0.2) is 9.37 Å². The standard InChI is InChI=1S/C24H19Cl2FN2O5S2/c1-24(2,36(31,32)33-3)14-4-7-19-13(8-14)9-20(35-19)23(30)28-16-11-21(26)29-22(12-16)34-18-6-5-15(25)10-17(18)27/h4-12H,1-3H3,(H,28,29,30). The van der Waals surface area contributed by atoms with E-state index in [1.165, 1.54) is 35.6 Å². The second-order valence-electron chi connectivity index (χ2n) is 8.14. The second kappa shape index (κ2) is 9.95. The van der Waals surface area contributed by atoms with Gasteiger partial charge in [0, 0.05) is 21.5 Å². The number of thiophene rings is 1. The fourth-order valence-corrected chi connectivity index (χ4v) is 5.47. The minimum Gasteiger partial charge on any atom is -0.436 e. The fourth-order valence-electron chi connectivity index (χ4n) is 3.34. The number of benzene rings is 2. The van der Waals surface area contributed by atoms with E-state index in [1.54, 1.807) is 38.1 Å². The molecule has 0 unspecified atom stereocenters. The second-order valence-corrected chi connectivity index (χ2v) is 12.3. The number of carbonyl (C=O) groups is 1. The van der Waals surface area contributed by atoms with Gasteiger partial charge in [0.2, 0.25) is 5.88 Å². The Balaban J connectivity index is 1.58. The molecular formula is C24H19Cl2FN2O5S2. The number of fused-ring (bicyclic) bond motifs is 1. The van der Waals surface area contributed by atoms with Crippen molar-refractivity contribution in [1.29, 1.82) is 0 Å². The van der Waals surface area contributed by atoms with Gasteiger partial charge in [0.05, 0.1) is 12.0 Å². The molecule has 2 heterocycles. The normalized spacial score (nSPS) is 12.1. The molecule has 1 amide bonds. The molecule has 1 N–H and O–H groups in total. The van der Waals surface area contributed by atoms with Crippen LogP contribution in [-0.4, -0.2) is 26.4 Å². The zero-order valence-electron chi connectivity index (χ0n) is 19.1. The summed E-state index contributed by atoms with van der Waals surface area (Å²) in [5, 5.41) is 3.67. The number of nitrogens with one attached hydrogen (secondary N) is 1. The molecule has 0 aliphatic heterocycles. The van der Waals surface area contributed by atoms with Crippen LogP contribution in [0.1, 0.15) is 29.1 Å². The molecule has 0 saturated carbocycles. The van der Waals surface area contributed by atoms with Crippen LogP contribution >= 0.6 is 34.5 Å². The van der Waals surface area contributed by atoms with Gasteiger partial charge in [-0.15, -0.1) is 11.3 Å². The topological polar surface area (TPSA) is 94.6 Å². The summed E-state index contributed by atoms with van der Waals surface area (Å²) < 4.78 is 48.4. The Labute approximate surface area is 220 Å². The van der Waals surface area contributed by atoms with Gasteiger partial charge in [-0.3, -0.25) is 8.98 Å². The number of carbonyl (C=O) groups excluding carboxylic acids is 1. The first kappa shape index (κ1) is 26.3. The number of hydrogen-bond acceptors (Lipinski definition) is 7. The Kier molecular flexibility index (Phi) is 7.27. The Bertz CT molecular complexity index is 1590. The van der Waals surface area contributed by atoms with E-state index in [4.69, 9.17) is 32.1 Å². The molecule has 36 heavy (non-hydrogen) atoms. The maximum atomic E-state index is 14.1. The van der Waals surface area contributed by atoms with Gasteiger partial charge in [0.25, 0.3) is 16.0 Å². The van der Waals surface area contributed by atoms with Crippen molar-refractivity contribution >= 4 is 66.3 Å². The number of rotatable bonds is 7. The molecule has 4 rings (SSSR count). The van der Waals surface area contributed by atoms with Crippen LogP contribution in [0.4, 0.5) is 10.1 Å². The molecule has 0 aliphatic rings. The smallest absolute Gasteiger partial charge is 0.276 e.